The summed E-state index contributed by atoms with van der Waals surface area (Å²) in [5, 5.41) is 14.0. The van der Waals surface area contributed by atoms with Crippen LogP contribution in [0.4, 0.5) is 11.4 Å². The standard InChI is InChI=1S/C21H22N4O/c1-13-11-19(26)24-18-10-6-9-16(21(18)23-13)17-12-22-25-20(17)14(2)15-7-4-3-5-8-15/h3-10,12-14,23H,11H2,1-2H3,(H,22,25)(H,24,26)/t13-,14?/m1/s1. The predicted octanol–water partition coefficient (Wildman–Crippen LogP) is 4.37. The smallest absolute Gasteiger partial charge is 0.226 e. The zero-order chi connectivity index (χ0) is 18.1. The highest BCUT2D eigenvalue weighted by Gasteiger charge is 2.23. The van der Waals surface area contributed by atoms with Gasteiger partial charge in [0.2, 0.25) is 5.91 Å². The summed E-state index contributed by atoms with van der Waals surface area (Å²) in [6, 6.07) is 16.4. The van der Waals surface area contributed by atoms with Crippen LogP contribution in [-0.4, -0.2) is 22.1 Å². The van der Waals surface area contributed by atoms with Crippen molar-refractivity contribution in [1.29, 1.82) is 0 Å². The molecular weight excluding hydrogens is 324 g/mol. The van der Waals surface area contributed by atoms with Gasteiger partial charge in [0.25, 0.3) is 0 Å². The van der Waals surface area contributed by atoms with Crippen molar-refractivity contribution >= 4 is 17.3 Å². The summed E-state index contributed by atoms with van der Waals surface area (Å²) in [6.07, 6.45) is 2.32. The van der Waals surface area contributed by atoms with E-state index in [0.29, 0.717) is 6.42 Å². The molecule has 0 saturated carbocycles. The van der Waals surface area contributed by atoms with Crippen LogP contribution >= 0.6 is 0 Å². The number of carbonyl (C=O) groups excluding carboxylic acids is 1. The number of para-hydroxylation sites is 1. The van der Waals surface area contributed by atoms with Crippen molar-refractivity contribution in [1.82, 2.24) is 10.2 Å². The monoisotopic (exact) mass is 346 g/mol. The normalized spacial score (nSPS) is 17.6. The number of nitrogens with zero attached hydrogens (tertiary/aromatic N) is 1. The van der Waals surface area contributed by atoms with Gasteiger partial charge in [0.15, 0.2) is 0 Å². The number of anilines is 2. The molecule has 1 aliphatic rings. The van der Waals surface area contributed by atoms with Crippen molar-refractivity contribution in [2.45, 2.75) is 32.2 Å². The molecule has 0 saturated heterocycles. The lowest BCUT2D eigenvalue weighted by molar-refractivity contribution is -0.116. The van der Waals surface area contributed by atoms with Gasteiger partial charge in [-0.15, -0.1) is 0 Å². The Morgan fingerprint density at radius 1 is 1.08 bits per heavy atom. The molecule has 26 heavy (non-hydrogen) atoms. The number of nitrogens with one attached hydrogen (secondary N) is 3. The van der Waals surface area contributed by atoms with Crippen LogP contribution < -0.4 is 10.6 Å². The molecule has 0 bridgehead atoms. The summed E-state index contributed by atoms with van der Waals surface area (Å²) in [5.41, 5.74) is 6.16. The Labute approximate surface area is 152 Å². The van der Waals surface area contributed by atoms with E-state index in [4.69, 9.17) is 0 Å². The average Bonchev–Trinajstić information content (AvgIpc) is 3.06. The molecule has 5 heteroatoms. The van der Waals surface area contributed by atoms with Gasteiger partial charge in [-0.25, -0.2) is 0 Å². The fourth-order valence-electron chi connectivity index (χ4n) is 3.56. The molecule has 3 N–H and O–H groups in total. The van der Waals surface area contributed by atoms with Gasteiger partial charge >= 0.3 is 0 Å². The van der Waals surface area contributed by atoms with Crippen LogP contribution in [0.1, 0.15) is 37.4 Å². The van der Waals surface area contributed by atoms with Gasteiger partial charge < -0.3 is 10.6 Å². The molecule has 1 unspecified atom stereocenters. The number of rotatable bonds is 3. The highest BCUT2D eigenvalue weighted by molar-refractivity contribution is 6.00. The molecular formula is C21H22N4O. The van der Waals surface area contributed by atoms with E-state index in [-0.39, 0.29) is 17.9 Å². The topological polar surface area (TPSA) is 69.8 Å². The average molecular weight is 346 g/mol. The van der Waals surface area contributed by atoms with E-state index in [1.165, 1.54) is 5.56 Å². The van der Waals surface area contributed by atoms with Crippen LogP contribution in [-0.2, 0) is 4.79 Å². The van der Waals surface area contributed by atoms with Gasteiger partial charge in [-0.05, 0) is 18.6 Å². The predicted molar refractivity (Wildman–Crippen MR) is 104 cm³/mol. The lowest BCUT2D eigenvalue weighted by Gasteiger charge is -2.18. The van der Waals surface area contributed by atoms with Gasteiger partial charge in [-0.1, -0.05) is 49.4 Å². The SMILES string of the molecule is CC(c1ccccc1)c1[nH]ncc1-c1cccc2c1N[C@H](C)CC(=O)N2. The van der Waals surface area contributed by atoms with E-state index in [9.17, 15) is 4.79 Å². The Balaban J connectivity index is 1.80. The molecule has 4 rings (SSSR count). The van der Waals surface area contributed by atoms with Crippen molar-refractivity contribution in [2.24, 2.45) is 0 Å². The van der Waals surface area contributed by atoms with Gasteiger partial charge in [0.1, 0.15) is 0 Å². The fraction of sp³-hybridized carbons (Fsp3) is 0.238. The van der Waals surface area contributed by atoms with Crippen molar-refractivity contribution in [3.63, 3.8) is 0 Å². The minimum Gasteiger partial charge on any atom is -0.380 e. The number of amides is 1. The van der Waals surface area contributed by atoms with E-state index < -0.39 is 0 Å². The second kappa shape index (κ2) is 6.67. The molecule has 0 radical (unpaired) electrons. The Hall–Kier alpha value is -3.08. The lowest BCUT2D eigenvalue weighted by Crippen LogP contribution is -2.19. The van der Waals surface area contributed by atoms with Crippen molar-refractivity contribution in [3.05, 3.63) is 66.0 Å². The summed E-state index contributed by atoms with van der Waals surface area (Å²) in [7, 11) is 0. The number of aromatic amines is 1. The molecule has 132 valence electrons. The zero-order valence-electron chi connectivity index (χ0n) is 14.9. The van der Waals surface area contributed by atoms with Gasteiger partial charge in [-0.3, -0.25) is 9.89 Å². The number of aromatic nitrogens is 2. The fourth-order valence-corrected chi connectivity index (χ4v) is 3.56. The molecule has 1 aliphatic heterocycles. The van der Waals surface area contributed by atoms with E-state index >= 15 is 0 Å². The molecule has 0 fully saturated rings. The van der Waals surface area contributed by atoms with E-state index in [1.807, 2.05) is 31.3 Å². The van der Waals surface area contributed by atoms with E-state index in [0.717, 1.165) is 28.2 Å². The van der Waals surface area contributed by atoms with Crippen LogP contribution in [0.25, 0.3) is 11.1 Å². The first-order valence-electron chi connectivity index (χ1n) is 8.91. The van der Waals surface area contributed by atoms with Crippen molar-refractivity contribution < 1.29 is 4.79 Å². The summed E-state index contributed by atoms with van der Waals surface area (Å²) >= 11 is 0. The van der Waals surface area contributed by atoms with Crippen molar-refractivity contribution in [3.8, 4) is 11.1 Å². The minimum atomic E-state index is 0.0333. The van der Waals surface area contributed by atoms with Gasteiger partial charge in [-0.2, -0.15) is 5.10 Å². The third-order valence-corrected chi connectivity index (χ3v) is 4.91. The molecule has 1 aromatic heterocycles. The molecule has 0 aliphatic carbocycles. The first kappa shape index (κ1) is 16.4. The first-order valence-corrected chi connectivity index (χ1v) is 8.91. The van der Waals surface area contributed by atoms with E-state index in [2.05, 4.69) is 58.1 Å². The Morgan fingerprint density at radius 2 is 1.88 bits per heavy atom. The Bertz CT molecular complexity index is 932. The zero-order valence-corrected chi connectivity index (χ0v) is 14.9. The molecule has 5 nitrogen and oxygen atoms in total. The maximum atomic E-state index is 12.0. The molecule has 1 amide bonds. The maximum Gasteiger partial charge on any atom is 0.226 e. The number of H-pyrrole nitrogens is 1. The minimum absolute atomic E-state index is 0.0333. The van der Waals surface area contributed by atoms with Gasteiger partial charge in [0.05, 0.1) is 23.3 Å². The highest BCUT2D eigenvalue weighted by Crippen LogP contribution is 2.40. The number of benzene rings is 2. The number of hydrogen-bond acceptors (Lipinski definition) is 3. The Morgan fingerprint density at radius 3 is 2.69 bits per heavy atom. The maximum absolute atomic E-state index is 12.0. The van der Waals surface area contributed by atoms with Crippen LogP contribution in [0, 0.1) is 0 Å². The van der Waals surface area contributed by atoms with Gasteiger partial charge in [0, 0.05) is 29.5 Å². The Kier molecular flexibility index (Phi) is 4.21. The van der Waals surface area contributed by atoms with Crippen LogP contribution in [0.3, 0.4) is 0 Å². The molecule has 2 heterocycles. The highest BCUT2D eigenvalue weighted by atomic mass is 16.1. The summed E-state index contributed by atoms with van der Waals surface area (Å²) in [4.78, 5) is 12.0. The van der Waals surface area contributed by atoms with Crippen LogP contribution in [0.2, 0.25) is 0 Å². The third kappa shape index (κ3) is 2.96. The lowest BCUT2D eigenvalue weighted by atomic mass is 9.92. The second-order valence-corrected chi connectivity index (χ2v) is 6.86. The van der Waals surface area contributed by atoms with Crippen LogP contribution in [0.15, 0.2) is 54.7 Å². The molecule has 0 spiro atoms. The summed E-state index contributed by atoms with van der Waals surface area (Å²) in [5.74, 6) is 0.216. The van der Waals surface area contributed by atoms with Crippen molar-refractivity contribution in [2.75, 3.05) is 10.6 Å². The summed E-state index contributed by atoms with van der Waals surface area (Å²) in [6.45, 7) is 4.19. The largest absolute Gasteiger partial charge is 0.380 e. The second-order valence-electron chi connectivity index (χ2n) is 6.86. The molecule has 3 aromatic rings. The van der Waals surface area contributed by atoms with E-state index in [1.54, 1.807) is 0 Å². The third-order valence-electron chi connectivity index (χ3n) is 4.91. The molecule has 2 aromatic carbocycles. The summed E-state index contributed by atoms with van der Waals surface area (Å²) < 4.78 is 0. The number of hydrogen-bond donors (Lipinski definition) is 3. The quantitative estimate of drug-likeness (QED) is 0.659. The number of fused-ring (bicyclic) bond motifs is 1. The van der Waals surface area contributed by atoms with Crippen LogP contribution in [0.5, 0.6) is 0 Å². The first-order chi connectivity index (χ1) is 12.6. The molecule has 2 atom stereocenters. The number of carbonyl (C=O) groups is 1.